The van der Waals surface area contributed by atoms with Crippen LogP contribution in [-0.2, 0) is 34.0 Å². The van der Waals surface area contributed by atoms with Crippen molar-refractivity contribution < 1.29 is 37.1 Å². The predicted octanol–water partition coefficient (Wildman–Crippen LogP) is 2.81. The van der Waals surface area contributed by atoms with Gasteiger partial charge in [0, 0.05) is 25.7 Å². The van der Waals surface area contributed by atoms with Gasteiger partial charge in [0.1, 0.15) is 17.3 Å². The Morgan fingerprint density at radius 1 is 1.06 bits per heavy atom. The molecule has 0 aliphatic carbocycles. The van der Waals surface area contributed by atoms with Crippen molar-refractivity contribution in [3.8, 4) is 5.69 Å². The number of amides is 2. The number of aliphatic carboxylic acids is 1. The molecule has 190 valence electrons. The van der Waals surface area contributed by atoms with Gasteiger partial charge in [0.25, 0.3) is 0 Å². The summed E-state index contributed by atoms with van der Waals surface area (Å²) in [6.07, 6.45) is -5.08. The van der Waals surface area contributed by atoms with Crippen molar-refractivity contribution in [3.63, 3.8) is 0 Å². The number of hydrogen-bond donors (Lipinski definition) is 4. The Labute approximate surface area is 202 Å². The molecule has 0 bridgehead atoms. The molecule has 1 aliphatic heterocycles. The molecule has 0 spiro atoms. The summed E-state index contributed by atoms with van der Waals surface area (Å²) in [4.78, 5) is 33.5. The van der Waals surface area contributed by atoms with Gasteiger partial charge in [-0.2, -0.15) is 18.3 Å². The van der Waals surface area contributed by atoms with E-state index in [1.54, 1.807) is 31.2 Å². The molecule has 0 atom stereocenters. The molecule has 2 aromatic carbocycles. The molecule has 9 nitrogen and oxygen atoms in total. The summed E-state index contributed by atoms with van der Waals surface area (Å²) in [5.41, 5.74) is 4.12. The number of hydrogen-bond acceptors (Lipinski definition) is 5. The lowest BCUT2D eigenvalue weighted by molar-refractivity contribution is -0.192. The third-order valence-electron chi connectivity index (χ3n) is 4.96. The third kappa shape index (κ3) is 6.66. The number of nitrogens with zero attached hydrogens (tertiary/aromatic N) is 2. The molecule has 2 amide bonds. The molecular weight excluding hydrogens is 486 g/mol. The molecule has 0 unspecified atom stereocenters. The second-order valence-corrected chi connectivity index (χ2v) is 7.68. The molecule has 36 heavy (non-hydrogen) atoms. The lowest BCUT2D eigenvalue weighted by atomic mass is 10.1. The number of carbonyl (C=O) groups excluding carboxylic acids is 2. The van der Waals surface area contributed by atoms with Gasteiger partial charge in [0.05, 0.1) is 5.69 Å². The molecule has 2 heterocycles. The van der Waals surface area contributed by atoms with Crippen molar-refractivity contribution in [3.05, 3.63) is 76.7 Å². The highest BCUT2D eigenvalue weighted by molar-refractivity contribution is 6.39. The number of aromatic nitrogens is 2. The van der Waals surface area contributed by atoms with Crippen LogP contribution in [0.15, 0.2) is 48.5 Å². The minimum atomic E-state index is -5.08. The average Bonchev–Trinajstić information content (AvgIpc) is 3.43. The van der Waals surface area contributed by atoms with E-state index in [0.717, 1.165) is 18.7 Å². The number of carboxylic acid groups (broad SMARTS) is 1. The number of nitrogens with one attached hydrogen (secondary N) is 3. The number of para-hydroxylation sites is 1. The summed E-state index contributed by atoms with van der Waals surface area (Å²) in [7, 11) is 0. The summed E-state index contributed by atoms with van der Waals surface area (Å²) >= 11 is 0. The Morgan fingerprint density at radius 3 is 2.39 bits per heavy atom. The maximum absolute atomic E-state index is 14.1. The van der Waals surface area contributed by atoms with E-state index < -0.39 is 29.8 Å². The molecule has 1 aliphatic rings. The van der Waals surface area contributed by atoms with Crippen LogP contribution in [0.25, 0.3) is 5.69 Å². The van der Waals surface area contributed by atoms with Crippen molar-refractivity contribution in [1.82, 2.24) is 20.4 Å². The largest absolute Gasteiger partial charge is 0.490 e. The zero-order valence-corrected chi connectivity index (χ0v) is 18.8. The van der Waals surface area contributed by atoms with E-state index in [4.69, 9.17) is 9.90 Å². The van der Waals surface area contributed by atoms with Crippen LogP contribution in [0.1, 0.15) is 22.4 Å². The van der Waals surface area contributed by atoms with Gasteiger partial charge in [-0.1, -0.05) is 30.3 Å². The van der Waals surface area contributed by atoms with Crippen LogP contribution in [0, 0.1) is 12.7 Å². The van der Waals surface area contributed by atoms with E-state index in [1.807, 2.05) is 18.2 Å². The van der Waals surface area contributed by atoms with Crippen molar-refractivity contribution >= 4 is 23.6 Å². The van der Waals surface area contributed by atoms with Gasteiger partial charge in [-0.05, 0) is 35.7 Å². The van der Waals surface area contributed by atoms with Crippen molar-refractivity contribution in [2.75, 3.05) is 5.32 Å². The van der Waals surface area contributed by atoms with E-state index in [1.165, 1.54) is 21.9 Å². The summed E-state index contributed by atoms with van der Waals surface area (Å²) in [6.45, 7) is 3.61. The monoisotopic (exact) mass is 507 g/mol. The Hall–Kier alpha value is -4.26. The minimum Gasteiger partial charge on any atom is -0.475 e. The first-order valence-corrected chi connectivity index (χ1v) is 10.5. The highest BCUT2D eigenvalue weighted by Crippen LogP contribution is 2.20. The predicted molar refractivity (Wildman–Crippen MR) is 119 cm³/mol. The molecular formula is C23H21F4N5O4. The van der Waals surface area contributed by atoms with Crippen molar-refractivity contribution in [1.29, 1.82) is 0 Å². The fourth-order valence-corrected chi connectivity index (χ4v) is 3.29. The quantitative estimate of drug-likeness (QED) is 0.318. The van der Waals surface area contributed by atoms with Crippen LogP contribution in [0.2, 0.25) is 0 Å². The lowest BCUT2D eigenvalue weighted by Gasteiger charge is -2.10. The normalized spacial score (nSPS) is 12.2. The fourth-order valence-electron chi connectivity index (χ4n) is 3.29. The van der Waals surface area contributed by atoms with Crippen LogP contribution in [0.5, 0.6) is 0 Å². The summed E-state index contributed by atoms with van der Waals surface area (Å²) < 4.78 is 47.1. The van der Waals surface area contributed by atoms with Gasteiger partial charge in [-0.15, -0.1) is 0 Å². The highest BCUT2D eigenvalue weighted by Gasteiger charge is 2.38. The number of rotatable bonds is 4. The van der Waals surface area contributed by atoms with Crippen LogP contribution >= 0.6 is 0 Å². The summed E-state index contributed by atoms with van der Waals surface area (Å²) in [5.74, 6) is -4.64. The fraction of sp³-hybridized carbons (Fsp3) is 0.217. The van der Waals surface area contributed by atoms with Crippen LogP contribution in [-0.4, -0.2) is 38.8 Å². The van der Waals surface area contributed by atoms with E-state index in [0.29, 0.717) is 5.69 Å². The Morgan fingerprint density at radius 2 is 1.72 bits per heavy atom. The molecule has 0 fully saturated rings. The van der Waals surface area contributed by atoms with Gasteiger partial charge < -0.3 is 21.1 Å². The van der Waals surface area contributed by atoms with Crippen LogP contribution in [0.4, 0.5) is 23.4 Å². The second-order valence-electron chi connectivity index (χ2n) is 7.68. The van der Waals surface area contributed by atoms with Crippen molar-refractivity contribution in [2.45, 2.75) is 32.7 Å². The number of carboxylic acids is 1. The Kier molecular flexibility index (Phi) is 8.04. The minimum absolute atomic E-state index is 0.183. The van der Waals surface area contributed by atoms with Crippen LogP contribution < -0.4 is 16.0 Å². The summed E-state index contributed by atoms with van der Waals surface area (Å²) in [5, 5.41) is 19.7. The van der Waals surface area contributed by atoms with E-state index in [9.17, 15) is 27.2 Å². The molecule has 1 aromatic heterocycles. The van der Waals surface area contributed by atoms with Crippen molar-refractivity contribution in [2.24, 2.45) is 0 Å². The van der Waals surface area contributed by atoms with Gasteiger partial charge >= 0.3 is 24.0 Å². The number of aryl methyl sites for hydroxylation is 1. The third-order valence-corrected chi connectivity index (χ3v) is 4.96. The SMILES string of the molecule is Cc1cc(NC(=O)C(=O)NCc2ccc3c(c2)CNC3)n(-c2ccccc2F)n1.O=C(O)C(F)(F)F. The highest BCUT2D eigenvalue weighted by atomic mass is 19.4. The van der Waals surface area contributed by atoms with E-state index in [-0.39, 0.29) is 18.1 Å². The zero-order valence-electron chi connectivity index (χ0n) is 18.8. The standard InChI is InChI=1S/C21H20FN5O2.C2HF3O2/c1-13-8-19(27(26-13)18-5-3-2-4-17(18)22)25-21(29)20(28)24-10-14-6-7-15-11-23-12-16(15)9-14;3-2(4,5)1(6)7/h2-9,23H,10-12H2,1H3,(H,24,28)(H,25,29);(H,6,7). The number of carbonyl (C=O) groups is 3. The number of fused-ring (bicyclic) bond motifs is 1. The lowest BCUT2D eigenvalue weighted by Crippen LogP contribution is -2.35. The van der Waals surface area contributed by atoms with Gasteiger partial charge in [0.2, 0.25) is 0 Å². The van der Waals surface area contributed by atoms with Gasteiger partial charge in [-0.25, -0.2) is 13.9 Å². The van der Waals surface area contributed by atoms with E-state index in [2.05, 4.69) is 21.0 Å². The topological polar surface area (TPSA) is 125 Å². The Bertz CT molecular complexity index is 1290. The first-order valence-electron chi connectivity index (χ1n) is 10.5. The van der Waals surface area contributed by atoms with Crippen LogP contribution in [0.3, 0.4) is 0 Å². The molecule has 13 heteroatoms. The average molecular weight is 507 g/mol. The number of benzene rings is 2. The smallest absolute Gasteiger partial charge is 0.475 e. The molecule has 4 rings (SSSR count). The maximum Gasteiger partial charge on any atom is 0.490 e. The second kappa shape index (κ2) is 11.0. The van der Waals surface area contributed by atoms with Gasteiger partial charge in [0.15, 0.2) is 0 Å². The first kappa shape index (κ1) is 26.3. The Balaban J connectivity index is 0.000000454. The molecule has 4 N–H and O–H groups in total. The molecule has 0 saturated carbocycles. The molecule has 0 saturated heterocycles. The van der Waals surface area contributed by atoms with E-state index >= 15 is 0 Å². The maximum atomic E-state index is 14.1. The molecule has 3 aromatic rings. The number of alkyl halides is 3. The summed E-state index contributed by atoms with van der Waals surface area (Å²) in [6, 6.07) is 13.6. The molecule has 0 radical (unpaired) electrons. The number of halogens is 4. The number of anilines is 1. The zero-order chi connectivity index (χ0) is 26.5. The van der Waals surface area contributed by atoms with Gasteiger partial charge in [-0.3, -0.25) is 9.59 Å². The first-order chi connectivity index (χ1) is 17.0.